The summed E-state index contributed by atoms with van der Waals surface area (Å²) in [5.74, 6) is 0.642. The van der Waals surface area contributed by atoms with E-state index >= 15 is 0 Å². The van der Waals surface area contributed by atoms with Crippen LogP contribution in [0.4, 0.5) is 5.69 Å². The molecule has 5 aromatic rings. The van der Waals surface area contributed by atoms with Gasteiger partial charge in [0.2, 0.25) is 5.91 Å². The quantitative estimate of drug-likeness (QED) is 0.382. The molecule has 0 aliphatic rings. The van der Waals surface area contributed by atoms with Gasteiger partial charge in [-0.1, -0.05) is 30.3 Å². The molecule has 5 nitrogen and oxygen atoms in total. The van der Waals surface area contributed by atoms with Crippen molar-refractivity contribution in [3.05, 3.63) is 78.4 Å². The number of fused-ring (bicyclic) bond motifs is 5. The van der Waals surface area contributed by atoms with Crippen LogP contribution in [0.2, 0.25) is 0 Å². The van der Waals surface area contributed by atoms with Crippen LogP contribution in [0.25, 0.3) is 32.6 Å². The number of ether oxygens (including phenoxy) is 1. The normalized spacial score (nSPS) is 11.2. The van der Waals surface area contributed by atoms with Crippen molar-refractivity contribution in [1.29, 1.82) is 0 Å². The van der Waals surface area contributed by atoms with Crippen LogP contribution >= 0.6 is 0 Å². The highest BCUT2D eigenvalue weighted by Crippen LogP contribution is 2.34. The molecule has 3 N–H and O–H groups in total. The summed E-state index contributed by atoms with van der Waals surface area (Å²) in [6, 6.07) is 23.0. The third-order valence-corrected chi connectivity index (χ3v) is 5.42. The van der Waals surface area contributed by atoms with Crippen LogP contribution in [-0.4, -0.2) is 23.1 Å². The van der Waals surface area contributed by atoms with Crippen LogP contribution in [0.5, 0.6) is 11.5 Å². The summed E-state index contributed by atoms with van der Waals surface area (Å²) in [5, 5.41) is 17.6. The zero-order chi connectivity index (χ0) is 20.7. The summed E-state index contributed by atoms with van der Waals surface area (Å²) in [6.07, 6.45) is 0.0819. The number of phenolic OH excluding ortho intramolecular Hbond substituents is 1. The van der Waals surface area contributed by atoms with Crippen molar-refractivity contribution in [2.24, 2.45) is 0 Å². The smallest absolute Gasteiger partial charge is 0.228 e. The largest absolute Gasteiger partial charge is 0.508 e. The van der Waals surface area contributed by atoms with Crippen molar-refractivity contribution in [2.75, 3.05) is 12.4 Å². The maximum absolute atomic E-state index is 12.5. The van der Waals surface area contributed by atoms with Crippen LogP contribution in [0.1, 0.15) is 5.56 Å². The van der Waals surface area contributed by atoms with E-state index in [2.05, 4.69) is 22.4 Å². The average molecular weight is 396 g/mol. The number of hydrogen-bond acceptors (Lipinski definition) is 3. The number of amides is 1. The minimum Gasteiger partial charge on any atom is -0.508 e. The molecule has 0 saturated carbocycles. The zero-order valence-electron chi connectivity index (χ0n) is 16.4. The molecule has 0 atom stereocenters. The second-order valence-electron chi connectivity index (χ2n) is 7.31. The Balaban J connectivity index is 1.47. The van der Waals surface area contributed by atoms with Gasteiger partial charge in [-0.05, 0) is 47.9 Å². The van der Waals surface area contributed by atoms with E-state index in [9.17, 15) is 9.90 Å². The van der Waals surface area contributed by atoms with E-state index in [1.54, 1.807) is 37.4 Å². The molecule has 0 fully saturated rings. The molecule has 0 unspecified atom stereocenters. The lowest BCUT2D eigenvalue weighted by molar-refractivity contribution is -0.115. The molecule has 5 rings (SSSR count). The summed E-state index contributed by atoms with van der Waals surface area (Å²) in [5.41, 5.74) is 3.31. The minimum absolute atomic E-state index is 0.0819. The lowest BCUT2D eigenvalue weighted by Gasteiger charge is -2.09. The third-order valence-electron chi connectivity index (χ3n) is 5.42. The van der Waals surface area contributed by atoms with Crippen LogP contribution in [0.3, 0.4) is 0 Å². The third kappa shape index (κ3) is 3.10. The number of aromatic nitrogens is 1. The van der Waals surface area contributed by atoms with Gasteiger partial charge in [-0.15, -0.1) is 0 Å². The molecule has 0 aliphatic carbocycles. The topological polar surface area (TPSA) is 74.3 Å². The number of carbonyl (C=O) groups is 1. The van der Waals surface area contributed by atoms with Gasteiger partial charge in [-0.25, -0.2) is 0 Å². The van der Waals surface area contributed by atoms with E-state index in [1.165, 1.54) is 0 Å². The first-order valence-electron chi connectivity index (χ1n) is 9.71. The fraction of sp³-hybridized carbons (Fsp3) is 0.0800. The Morgan fingerprint density at radius 1 is 0.967 bits per heavy atom. The van der Waals surface area contributed by atoms with E-state index in [0.29, 0.717) is 11.3 Å². The Kier molecular flexibility index (Phi) is 4.29. The number of benzene rings is 4. The molecule has 148 valence electrons. The summed E-state index contributed by atoms with van der Waals surface area (Å²) in [6.45, 7) is 0. The second kappa shape index (κ2) is 7.12. The number of hydrogen-bond donors (Lipinski definition) is 3. The fourth-order valence-corrected chi connectivity index (χ4v) is 3.92. The number of phenols is 1. The Morgan fingerprint density at radius 2 is 1.77 bits per heavy atom. The zero-order valence-corrected chi connectivity index (χ0v) is 16.4. The summed E-state index contributed by atoms with van der Waals surface area (Å²) >= 11 is 0. The predicted molar refractivity (Wildman–Crippen MR) is 120 cm³/mol. The van der Waals surface area contributed by atoms with Crippen molar-refractivity contribution >= 4 is 44.2 Å². The Bertz CT molecular complexity index is 1400. The van der Waals surface area contributed by atoms with Gasteiger partial charge in [0.05, 0.1) is 19.0 Å². The molecule has 1 aromatic heterocycles. The first-order valence-corrected chi connectivity index (χ1v) is 9.71. The highest BCUT2D eigenvalue weighted by molar-refractivity contribution is 6.17. The van der Waals surface area contributed by atoms with Crippen LogP contribution in [0.15, 0.2) is 72.8 Å². The highest BCUT2D eigenvalue weighted by Gasteiger charge is 2.13. The molecule has 30 heavy (non-hydrogen) atoms. The molecule has 0 aliphatic heterocycles. The van der Waals surface area contributed by atoms with Gasteiger partial charge in [0.25, 0.3) is 0 Å². The van der Waals surface area contributed by atoms with E-state index in [-0.39, 0.29) is 18.1 Å². The first-order chi connectivity index (χ1) is 14.6. The average Bonchev–Trinajstić information content (AvgIpc) is 3.14. The SMILES string of the molecule is COc1ccc(NC(=O)Cc2cc3ccc4c5ccccc5[nH]c4c3cc2O)cc1. The van der Waals surface area contributed by atoms with Gasteiger partial charge < -0.3 is 20.1 Å². The van der Waals surface area contributed by atoms with Gasteiger partial charge in [0.15, 0.2) is 0 Å². The number of carbonyl (C=O) groups excluding carboxylic acids is 1. The predicted octanol–water partition coefficient (Wildman–Crippen LogP) is 5.37. The van der Waals surface area contributed by atoms with Crippen LogP contribution in [-0.2, 0) is 11.2 Å². The second-order valence-corrected chi connectivity index (χ2v) is 7.31. The lowest BCUT2D eigenvalue weighted by Crippen LogP contribution is -2.14. The summed E-state index contributed by atoms with van der Waals surface area (Å²) in [7, 11) is 1.60. The highest BCUT2D eigenvalue weighted by atomic mass is 16.5. The number of methoxy groups -OCH3 is 1. The molecule has 0 radical (unpaired) electrons. The molecule has 1 amide bonds. The van der Waals surface area contributed by atoms with Gasteiger partial charge in [0, 0.05) is 32.9 Å². The van der Waals surface area contributed by atoms with Crippen molar-refractivity contribution in [3.63, 3.8) is 0 Å². The van der Waals surface area contributed by atoms with Crippen molar-refractivity contribution < 1.29 is 14.6 Å². The van der Waals surface area contributed by atoms with E-state index in [4.69, 9.17) is 4.74 Å². The first kappa shape index (κ1) is 18.1. The van der Waals surface area contributed by atoms with Crippen molar-refractivity contribution in [2.45, 2.75) is 6.42 Å². The lowest BCUT2D eigenvalue weighted by atomic mass is 10.0. The number of para-hydroxylation sites is 1. The van der Waals surface area contributed by atoms with E-state index in [0.717, 1.165) is 38.3 Å². The van der Waals surface area contributed by atoms with Crippen molar-refractivity contribution in [3.8, 4) is 11.5 Å². The number of nitrogens with one attached hydrogen (secondary N) is 2. The van der Waals surface area contributed by atoms with Gasteiger partial charge >= 0.3 is 0 Å². The number of H-pyrrole nitrogens is 1. The number of rotatable bonds is 4. The molecule has 0 spiro atoms. The molecular formula is C25H20N2O3. The van der Waals surface area contributed by atoms with E-state index in [1.807, 2.05) is 30.3 Å². The molecule has 1 heterocycles. The van der Waals surface area contributed by atoms with Crippen molar-refractivity contribution in [1.82, 2.24) is 4.98 Å². The minimum atomic E-state index is -0.193. The molecule has 4 aromatic carbocycles. The fourth-order valence-electron chi connectivity index (χ4n) is 3.92. The van der Waals surface area contributed by atoms with Crippen LogP contribution < -0.4 is 10.1 Å². The van der Waals surface area contributed by atoms with Gasteiger partial charge in [-0.2, -0.15) is 0 Å². The maximum atomic E-state index is 12.5. The Labute approximate surface area is 172 Å². The van der Waals surface area contributed by atoms with Crippen LogP contribution in [0, 0.1) is 0 Å². The summed E-state index contributed by atoms with van der Waals surface area (Å²) in [4.78, 5) is 15.9. The number of anilines is 1. The summed E-state index contributed by atoms with van der Waals surface area (Å²) < 4.78 is 5.13. The molecule has 0 saturated heterocycles. The number of aromatic amines is 1. The Morgan fingerprint density at radius 3 is 2.57 bits per heavy atom. The van der Waals surface area contributed by atoms with E-state index < -0.39 is 0 Å². The van der Waals surface area contributed by atoms with Gasteiger partial charge in [0.1, 0.15) is 11.5 Å². The Hall–Kier alpha value is -3.99. The maximum Gasteiger partial charge on any atom is 0.228 e. The molecular weight excluding hydrogens is 376 g/mol. The molecule has 5 heteroatoms. The standard InChI is InChI=1S/C25H20N2O3/c1-30-18-9-7-17(8-10-18)26-24(29)13-16-12-15-6-11-20-19-4-2-3-5-22(19)27-25(20)21(15)14-23(16)28/h2-12,14,27-28H,13H2,1H3,(H,26,29). The monoisotopic (exact) mass is 396 g/mol. The molecule has 0 bridgehead atoms. The van der Waals surface area contributed by atoms with Gasteiger partial charge in [-0.3, -0.25) is 4.79 Å². The number of aromatic hydroxyl groups is 1.